The number of rotatable bonds is 13. The fourth-order valence-electron chi connectivity index (χ4n) is 6.29. The van der Waals surface area contributed by atoms with Crippen molar-refractivity contribution in [3.63, 3.8) is 0 Å². The van der Waals surface area contributed by atoms with Crippen LogP contribution in [0.5, 0.6) is 11.5 Å². The van der Waals surface area contributed by atoms with Crippen molar-refractivity contribution >= 4 is 28.9 Å². The standard InChI is InChI=1S/C41H38ClNO4/c1-2-34(29-10-4-3-5-11-29)40(30-16-20-32(21-17-30)45-27-26-43-25-24-42)31-18-22-33(23-19-31)47-41(44)46-28-39-37-14-8-6-12-35(37)36-13-7-9-15-38(36)39/h3-23,39,43H,2,24-28H2,1H3/p+1/b40-34+. The summed E-state index contributed by atoms with van der Waals surface area (Å²) in [7, 11) is 0. The van der Waals surface area contributed by atoms with Crippen molar-refractivity contribution in [2.75, 3.05) is 32.2 Å². The highest BCUT2D eigenvalue weighted by molar-refractivity contribution is 6.17. The highest BCUT2D eigenvalue weighted by Gasteiger charge is 2.29. The summed E-state index contributed by atoms with van der Waals surface area (Å²) < 4.78 is 17.3. The molecule has 1 aliphatic rings. The zero-order valence-electron chi connectivity index (χ0n) is 26.5. The molecule has 238 valence electrons. The minimum absolute atomic E-state index is 0.0264. The fourth-order valence-corrected chi connectivity index (χ4v) is 6.44. The first-order chi connectivity index (χ1) is 23.2. The Labute approximate surface area is 281 Å². The molecule has 0 unspecified atom stereocenters. The number of fused-ring (bicyclic) bond motifs is 3. The molecule has 5 aromatic rings. The van der Waals surface area contributed by atoms with Crippen LogP contribution in [0.1, 0.15) is 47.1 Å². The second-order valence-corrected chi connectivity index (χ2v) is 11.8. The predicted molar refractivity (Wildman–Crippen MR) is 189 cm³/mol. The Hall–Kier alpha value is -4.84. The first-order valence-electron chi connectivity index (χ1n) is 16.2. The number of hydrogen-bond acceptors (Lipinski definition) is 4. The Kier molecular flexibility index (Phi) is 10.7. The zero-order chi connectivity index (χ0) is 32.4. The molecule has 1 aliphatic carbocycles. The molecule has 0 heterocycles. The summed E-state index contributed by atoms with van der Waals surface area (Å²) in [5, 5.41) is 2.15. The van der Waals surface area contributed by atoms with Gasteiger partial charge in [-0.1, -0.05) is 110 Å². The average Bonchev–Trinajstić information content (AvgIpc) is 3.44. The Morgan fingerprint density at radius 3 is 1.85 bits per heavy atom. The van der Waals surface area contributed by atoms with Crippen molar-refractivity contribution < 1.29 is 24.3 Å². The van der Waals surface area contributed by atoms with Crippen LogP contribution < -0.4 is 14.8 Å². The maximum Gasteiger partial charge on any atom is 0.513 e. The molecule has 5 aromatic carbocycles. The van der Waals surface area contributed by atoms with E-state index in [0.29, 0.717) is 18.2 Å². The Morgan fingerprint density at radius 2 is 1.26 bits per heavy atom. The van der Waals surface area contributed by atoms with E-state index in [2.05, 4.69) is 72.9 Å². The third-order valence-electron chi connectivity index (χ3n) is 8.50. The van der Waals surface area contributed by atoms with Crippen molar-refractivity contribution in [3.8, 4) is 22.6 Å². The predicted octanol–water partition coefficient (Wildman–Crippen LogP) is 8.56. The van der Waals surface area contributed by atoms with Crippen LogP contribution in [0.4, 0.5) is 4.79 Å². The number of carbonyl (C=O) groups is 1. The van der Waals surface area contributed by atoms with E-state index in [0.717, 1.165) is 53.1 Å². The van der Waals surface area contributed by atoms with E-state index >= 15 is 0 Å². The molecular weight excluding hydrogens is 606 g/mol. The van der Waals surface area contributed by atoms with Gasteiger partial charge >= 0.3 is 6.16 Å². The summed E-state index contributed by atoms with van der Waals surface area (Å²) in [6.07, 6.45) is 0.121. The highest BCUT2D eigenvalue weighted by Crippen LogP contribution is 2.44. The van der Waals surface area contributed by atoms with E-state index in [9.17, 15) is 4.79 Å². The fraction of sp³-hybridized carbons (Fsp3) is 0.195. The Balaban J connectivity index is 1.18. The van der Waals surface area contributed by atoms with Crippen molar-refractivity contribution in [1.29, 1.82) is 0 Å². The van der Waals surface area contributed by atoms with Gasteiger partial charge in [0.05, 0.1) is 12.4 Å². The molecule has 0 aliphatic heterocycles. The van der Waals surface area contributed by atoms with Crippen LogP contribution in [0.3, 0.4) is 0 Å². The maximum absolute atomic E-state index is 12.9. The number of quaternary nitrogens is 1. The minimum atomic E-state index is -0.718. The lowest BCUT2D eigenvalue weighted by Gasteiger charge is -2.17. The van der Waals surface area contributed by atoms with Gasteiger partial charge in [0.25, 0.3) is 0 Å². The Morgan fingerprint density at radius 1 is 0.681 bits per heavy atom. The molecule has 0 aromatic heterocycles. The number of hydrogen-bond donors (Lipinski definition) is 1. The Bertz CT molecular complexity index is 1770. The molecule has 0 amide bonds. The third-order valence-corrected chi connectivity index (χ3v) is 8.72. The quantitative estimate of drug-likeness (QED) is 0.0459. The van der Waals surface area contributed by atoms with E-state index in [1.165, 1.54) is 22.3 Å². The first kappa shape index (κ1) is 32.1. The number of carbonyl (C=O) groups excluding carboxylic acids is 1. The number of ether oxygens (including phenoxy) is 3. The lowest BCUT2D eigenvalue weighted by Crippen LogP contribution is -2.85. The zero-order valence-corrected chi connectivity index (χ0v) is 27.3. The molecule has 0 saturated carbocycles. The van der Waals surface area contributed by atoms with Crippen LogP contribution >= 0.6 is 11.6 Å². The SMILES string of the molecule is CC/C(=C(/c1ccc(OCC[NH2+]CCCl)cc1)c1ccc(OC(=O)OCC2c3ccccc3-c3ccccc32)cc1)c1ccccc1. The monoisotopic (exact) mass is 644 g/mol. The normalized spacial score (nSPS) is 12.6. The van der Waals surface area contributed by atoms with Gasteiger partial charge in [0, 0.05) is 5.92 Å². The van der Waals surface area contributed by atoms with Crippen LogP contribution in [0.25, 0.3) is 22.3 Å². The molecule has 47 heavy (non-hydrogen) atoms. The second-order valence-electron chi connectivity index (χ2n) is 11.4. The van der Waals surface area contributed by atoms with Crippen LogP contribution in [-0.4, -0.2) is 38.3 Å². The summed E-state index contributed by atoms with van der Waals surface area (Å²) in [5.74, 6) is 1.87. The van der Waals surface area contributed by atoms with E-state index in [4.69, 9.17) is 25.8 Å². The van der Waals surface area contributed by atoms with E-state index in [-0.39, 0.29) is 12.5 Å². The molecule has 0 saturated heterocycles. The molecule has 6 rings (SSSR count). The van der Waals surface area contributed by atoms with Crippen molar-refractivity contribution in [1.82, 2.24) is 0 Å². The molecular formula is C41H39ClNO4+. The topological polar surface area (TPSA) is 61.4 Å². The van der Waals surface area contributed by atoms with Gasteiger partial charge in [-0.25, -0.2) is 4.79 Å². The van der Waals surface area contributed by atoms with Crippen molar-refractivity contribution in [2.45, 2.75) is 19.3 Å². The molecule has 0 radical (unpaired) electrons. The maximum atomic E-state index is 12.9. The molecule has 0 bridgehead atoms. The van der Waals surface area contributed by atoms with Crippen molar-refractivity contribution in [3.05, 3.63) is 155 Å². The van der Waals surface area contributed by atoms with Gasteiger partial charge in [0.1, 0.15) is 31.3 Å². The number of halogens is 1. The number of alkyl halides is 1. The summed E-state index contributed by atoms with van der Waals surface area (Å²) in [5.41, 5.74) is 10.3. The number of allylic oxidation sites excluding steroid dienone is 1. The lowest BCUT2D eigenvalue weighted by molar-refractivity contribution is -0.651. The summed E-state index contributed by atoms with van der Waals surface area (Å²) >= 11 is 5.77. The van der Waals surface area contributed by atoms with E-state index in [1.807, 2.05) is 66.7 Å². The molecule has 5 nitrogen and oxygen atoms in total. The summed E-state index contributed by atoms with van der Waals surface area (Å²) in [6, 6.07) is 42.9. The van der Waals surface area contributed by atoms with E-state index in [1.54, 1.807) is 0 Å². The van der Waals surface area contributed by atoms with Crippen LogP contribution in [0.2, 0.25) is 0 Å². The number of nitrogens with two attached hydrogens (primary N) is 1. The molecule has 2 N–H and O–H groups in total. The van der Waals surface area contributed by atoms with Gasteiger partial charge < -0.3 is 19.5 Å². The molecule has 0 spiro atoms. The first-order valence-corrected chi connectivity index (χ1v) is 16.7. The van der Waals surface area contributed by atoms with Gasteiger partial charge in [0.15, 0.2) is 0 Å². The minimum Gasteiger partial charge on any atom is -0.488 e. The van der Waals surface area contributed by atoms with Crippen LogP contribution in [0, 0.1) is 0 Å². The summed E-state index contributed by atoms with van der Waals surface area (Å²) in [6.45, 7) is 4.74. The van der Waals surface area contributed by atoms with Gasteiger partial charge in [-0.15, -0.1) is 11.6 Å². The average molecular weight is 645 g/mol. The van der Waals surface area contributed by atoms with Gasteiger partial charge in [-0.3, -0.25) is 0 Å². The van der Waals surface area contributed by atoms with Gasteiger partial charge in [-0.05, 0) is 80.8 Å². The molecule has 0 fully saturated rings. The smallest absolute Gasteiger partial charge is 0.488 e. The van der Waals surface area contributed by atoms with Crippen LogP contribution in [0.15, 0.2) is 127 Å². The van der Waals surface area contributed by atoms with Gasteiger partial charge in [0.2, 0.25) is 0 Å². The lowest BCUT2D eigenvalue weighted by atomic mass is 9.88. The largest absolute Gasteiger partial charge is 0.513 e. The van der Waals surface area contributed by atoms with Crippen molar-refractivity contribution in [2.24, 2.45) is 0 Å². The van der Waals surface area contributed by atoms with E-state index < -0.39 is 6.16 Å². The van der Waals surface area contributed by atoms with Crippen LogP contribution in [-0.2, 0) is 4.74 Å². The molecule has 6 heteroatoms. The van der Waals surface area contributed by atoms with Gasteiger partial charge in [-0.2, -0.15) is 0 Å². The third kappa shape index (κ3) is 7.60. The number of benzene rings is 5. The second kappa shape index (κ2) is 15.6. The summed E-state index contributed by atoms with van der Waals surface area (Å²) in [4.78, 5) is 12.9. The highest BCUT2D eigenvalue weighted by atomic mass is 35.5. The molecule has 0 atom stereocenters.